The van der Waals surface area contributed by atoms with Gasteiger partial charge in [0.25, 0.3) is 0 Å². The zero-order valence-electron chi connectivity index (χ0n) is 9.10. The normalized spacial score (nSPS) is 9.94. The summed E-state index contributed by atoms with van der Waals surface area (Å²) >= 11 is 2.21. The van der Waals surface area contributed by atoms with E-state index >= 15 is 0 Å². The van der Waals surface area contributed by atoms with Crippen LogP contribution < -0.4 is 4.74 Å². The Morgan fingerprint density at radius 3 is 2.53 bits per heavy atom. The molecule has 0 aliphatic rings. The van der Waals surface area contributed by atoms with E-state index in [2.05, 4.69) is 22.6 Å². The van der Waals surface area contributed by atoms with Crippen molar-refractivity contribution in [2.45, 2.75) is 0 Å². The molecule has 0 fully saturated rings. The van der Waals surface area contributed by atoms with Crippen molar-refractivity contribution in [2.24, 2.45) is 0 Å². The summed E-state index contributed by atoms with van der Waals surface area (Å²) in [6, 6.07) is 16.8. The smallest absolute Gasteiger partial charge is 0.200 e. The first-order valence-corrected chi connectivity index (χ1v) is 6.30. The molecular weight excluding hydrogens is 327 g/mol. The van der Waals surface area contributed by atoms with E-state index in [1.807, 2.05) is 42.5 Å². The zero-order chi connectivity index (χ0) is 12.1. The van der Waals surface area contributed by atoms with Gasteiger partial charge >= 0.3 is 0 Å². The third-order valence-corrected chi connectivity index (χ3v) is 2.93. The summed E-state index contributed by atoms with van der Waals surface area (Å²) in [6.07, 6.45) is 0. The summed E-state index contributed by atoms with van der Waals surface area (Å²) in [6.45, 7) is 0.0735. The fourth-order valence-electron chi connectivity index (χ4n) is 1.41. The maximum Gasteiger partial charge on any atom is 0.200 e. The number of hydrogen-bond donors (Lipinski definition) is 0. The number of halogens is 1. The molecule has 0 atom stereocenters. The first-order chi connectivity index (χ1) is 8.25. The van der Waals surface area contributed by atoms with Gasteiger partial charge in [0.1, 0.15) is 5.75 Å². The van der Waals surface area contributed by atoms with Gasteiger partial charge in [-0.2, -0.15) is 0 Å². The average Bonchev–Trinajstić information content (AvgIpc) is 2.37. The fourth-order valence-corrected chi connectivity index (χ4v) is 1.93. The molecule has 2 aromatic carbocycles. The summed E-state index contributed by atoms with van der Waals surface area (Å²) in [7, 11) is 0. The molecule has 0 aromatic heterocycles. The number of carbonyl (C=O) groups excluding carboxylic acids is 1. The summed E-state index contributed by atoms with van der Waals surface area (Å²) in [5.41, 5.74) is 0.679. The minimum atomic E-state index is -0.00976. The Morgan fingerprint density at radius 2 is 1.82 bits per heavy atom. The number of ether oxygens (including phenoxy) is 1. The molecule has 0 heterocycles. The summed E-state index contributed by atoms with van der Waals surface area (Å²) in [5.74, 6) is 0.714. The Bertz CT molecular complexity index is 509. The van der Waals surface area contributed by atoms with Gasteiger partial charge in [-0.25, -0.2) is 0 Å². The lowest BCUT2D eigenvalue weighted by molar-refractivity contribution is 0.0921. The SMILES string of the molecule is O=C(COc1cccc(I)c1)c1ccccc1. The minimum Gasteiger partial charge on any atom is -0.485 e. The second kappa shape index (κ2) is 5.82. The van der Waals surface area contributed by atoms with Crippen molar-refractivity contribution in [3.8, 4) is 5.75 Å². The van der Waals surface area contributed by atoms with E-state index in [-0.39, 0.29) is 12.4 Å². The summed E-state index contributed by atoms with van der Waals surface area (Å²) < 4.78 is 6.54. The molecule has 0 saturated heterocycles. The highest BCUT2D eigenvalue weighted by molar-refractivity contribution is 14.1. The predicted octanol–water partition coefficient (Wildman–Crippen LogP) is 3.55. The van der Waals surface area contributed by atoms with Crippen LogP contribution in [0, 0.1) is 3.57 Å². The topological polar surface area (TPSA) is 26.3 Å². The predicted molar refractivity (Wildman–Crippen MR) is 75.4 cm³/mol. The molecule has 0 saturated carbocycles. The van der Waals surface area contributed by atoms with Gasteiger partial charge < -0.3 is 4.74 Å². The van der Waals surface area contributed by atoms with Crippen LogP contribution in [0.4, 0.5) is 0 Å². The van der Waals surface area contributed by atoms with Crippen LogP contribution in [0.5, 0.6) is 5.75 Å². The second-order valence-electron chi connectivity index (χ2n) is 3.54. The van der Waals surface area contributed by atoms with Gasteiger partial charge in [-0.3, -0.25) is 4.79 Å². The van der Waals surface area contributed by atoms with Crippen molar-refractivity contribution >= 4 is 28.4 Å². The molecule has 3 heteroatoms. The van der Waals surface area contributed by atoms with E-state index in [9.17, 15) is 4.79 Å². The molecule has 0 aliphatic heterocycles. The average molecular weight is 338 g/mol. The summed E-state index contributed by atoms with van der Waals surface area (Å²) in [5, 5.41) is 0. The number of hydrogen-bond acceptors (Lipinski definition) is 2. The molecule has 0 bridgehead atoms. The molecule has 86 valence electrons. The van der Waals surface area contributed by atoms with Crippen molar-refractivity contribution in [1.82, 2.24) is 0 Å². The van der Waals surface area contributed by atoms with E-state index in [0.29, 0.717) is 5.56 Å². The van der Waals surface area contributed by atoms with Gasteiger partial charge in [0.2, 0.25) is 0 Å². The largest absolute Gasteiger partial charge is 0.485 e. The van der Waals surface area contributed by atoms with Crippen LogP contribution in [0.1, 0.15) is 10.4 Å². The number of carbonyl (C=O) groups is 1. The van der Waals surface area contributed by atoms with Crippen molar-refractivity contribution in [1.29, 1.82) is 0 Å². The van der Waals surface area contributed by atoms with Crippen molar-refractivity contribution in [3.63, 3.8) is 0 Å². The number of benzene rings is 2. The Labute approximate surface area is 114 Å². The molecule has 2 nitrogen and oxygen atoms in total. The van der Waals surface area contributed by atoms with Crippen molar-refractivity contribution in [3.05, 3.63) is 63.7 Å². The number of ketones is 1. The van der Waals surface area contributed by atoms with Crippen LogP contribution in [0.2, 0.25) is 0 Å². The molecule has 0 radical (unpaired) electrons. The third kappa shape index (κ3) is 3.56. The highest BCUT2D eigenvalue weighted by Gasteiger charge is 2.05. The lowest BCUT2D eigenvalue weighted by atomic mass is 10.1. The molecule has 2 rings (SSSR count). The molecule has 0 aliphatic carbocycles. The molecule has 0 unspecified atom stereocenters. The Hall–Kier alpha value is -1.36. The lowest BCUT2D eigenvalue weighted by Crippen LogP contribution is -2.11. The standard InChI is InChI=1S/C14H11IO2/c15-12-7-4-8-13(9-12)17-10-14(16)11-5-2-1-3-6-11/h1-9H,10H2. The molecule has 2 aromatic rings. The number of Topliss-reactive ketones (excluding diaryl/α,β-unsaturated/α-hetero) is 1. The van der Waals surface area contributed by atoms with Crippen LogP contribution >= 0.6 is 22.6 Å². The lowest BCUT2D eigenvalue weighted by Gasteiger charge is -2.05. The van der Waals surface area contributed by atoms with Gasteiger partial charge in [0.05, 0.1) is 0 Å². The minimum absolute atomic E-state index is 0.00976. The van der Waals surface area contributed by atoms with Crippen LogP contribution in [0.25, 0.3) is 0 Å². The van der Waals surface area contributed by atoms with Gasteiger partial charge in [0, 0.05) is 9.13 Å². The summed E-state index contributed by atoms with van der Waals surface area (Å²) in [4.78, 5) is 11.8. The Kier molecular flexibility index (Phi) is 4.14. The zero-order valence-corrected chi connectivity index (χ0v) is 11.3. The Balaban J connectivity index is 1.97. The Morgan fingerprint density at radius 1 is 1.06 bits per heavy atom. The van der Waals surface area contributed by atoms with E-state index < -0.39 is 0 Å². The molecule has 0 spiro atoms. The molecule has 0 amide bonds. The quantitative estimate of drug-likeness (QED) is 0.630. The van der Waals surface area contributed by atoms with E-state index in [0.717, 1.165) is 9.32 Å². The van der Waals surface area contributed by atoms with Crippen LogP contribution in [-0.4, -0.2) is 12.4 Å². The van der Waals surface area contributed by atoms with Gasteiger partial charge in [-0.1, -0.05) is 36.4 Å². The van der Waals surface area contributed by atoms with E-state index in [4.69, 9.17) is 4.74 Å². The first kappa shape index (κ1) is 12.1. The maximum atomic E-state index is 11.8. The molecular formula is C14H11IO2. The van der Waals surface area contributed by atoms with Gasteiger partial charge in [0.15, 0.2) is 12.4 Å². The molecule has 17 heavy (non-hydrogen) atoms. The van der Waals surface area contributed by atoms with Gasteiger partial charge in [-0.15, -0.1) is 0 Å². The second-order valence-corrected chi connectivity index (χ2v) is 4.78. The van der Waals surface area contributed by atoms with Crippen molar-refractivity contribution in [2.75, 3.05) is 6.61 Å². The van der Waals surface area contributed by atoms with Crippen LogP contribution in [0.3, 0.4) is 0 Å². The maximum absolute atomic E-state index is 11.8. The third-order valence-electron chi connectivity index (χ3n) is 2.26. The molecule has 0 N–H and O–H groups in total. The van der Waals surface area contributed by atoms with Crippen LogP contribution in [0.15, 0.2) is 54.6 Å². The van der Waals surface area contributed by atoms with Gasteiger partial charge in [-0.05, 0) is 40.8 Å². The van der Waals surface area contributed by atoms with Crippen LogP contribution in [-0.2, 0) is 0 Å². The highest BCUT2D eigenvalue weighted by atomic mass is 127. The van der Waals surface area contributed by atoms with E-state index in [1.54, 1.807) is 12.1 Å². The fraction of sp³-hybridized carbons (Fsp3) is 0.0714. The highest BCUT2D eigenvalue weighted by Crippen LogP contribution is 2.15. The van der Waals surface area contributed by atoms with Crippen molar-refractivity contribution < 1.29 is 9.53 Å². The monoisotopic (exact) mass is 338 g/mol. The van der Waals surface area contributed by atoms with E-state index in [1.165, 1.54) is 0 Å². The number of rotatable bonds is 4. The first-order valence-electron chi connectivity index (χ1n) is 5.22.